The highest BCUT2D eigenvalue weighted by Crippen LogP contribution is 2.40. The molecule has 1 amide bonds. The Morgan fingerprint density at radius 2 is 2.03 bits per heavy atom. The quantitative estimate of drug-likeness (QED) is 0.474. The third-order valence-electron chi connectivity index (χ3n) is 4.75. The fourth-order valence-electron chi connectivity index (χ4n) is 3.65. The lowest BCUT2D eigenvalue weighted by atomic mass is 9.92. The smallest absolute Gasteiger partial charge is 0.419 e. The molecule has 3 rings (SSSR count). The number of hydrogen-bond acceptors (Lipinski definition) is 4. The van der Waals surface area contributed by atoms with Crippen LogP contribution in [-0.2, 0) is 6.18 Å². The van der Waals surface area contributed by atoms with Gasteiger partial charge in [0.2, 0.25) is 0 Å². The Morgan fingerprint density at radius 3 is 2.69 bits per heavy atom. The van der Waals surface area contributed by atoms with Gasteiger partial charge < -0.3 is 15.2 Å². The molecule has 0 aliphatic carbocycles. The van der Waals surface area contributed by atoms with E-state index >= 15 is 0 Å². The summed E-state index contributed by atoms with van der Waals surface area (Å²) in [6, 6.07) is 5.22. The maximum Gasteiger partial charge on any atom is 0.419 e. The van der Waals surface area contributed by atoms with Crippen LogP contribution in [0.25, 0.3) is 16.8 Å². The summed E-state index contributed by atoms with van der Waals surface area (Å²) in [5, 5.41) is 15.4. The second kappa shape index (κ2) is 8.85. The van der Waals surface area contributed by atoms with E-state index < -0.39 is 23.4 Å². The predicted octanol–water partition coefficient (Wildman–Crippen LogP) is 5.52. The van der Waals surface area contributed by atoms with Gasteiger partial charge in [0.25, 0.3) is 0 Å². The first-order chi connectivity index (χ1) is 14.9. The van der Waals surface area contributed by atoms with Crippen molar-refractivity contribution in [3.05, 3.63) is 47.4 Å². The van der Waals surface area contributed by atoms with Gasteiger partial charge in [-0.1, -0.05) is 24.6 Å². The molecule has 0 radical (unpaired) electrons. The highest BCUT2D eigenvalue weighted by molar-refractivity contribution is 6.29. The van der Waals surface area contributed by atoms with Gasteiger partial charge in [0.05, 0.1) is 12.2 Å². The number of benzene rings is 1. The number of ether oxygens (including phenoxy) is 1. The average Bonchev–Trinajstić information content (AvgIpc) is 3.11. The molecule has 2 aromatic heterocycles. The van der Waals surface area contributed by atoms with E-state index in [1.807, 2.05) is 0 Å². The molecule has 0 fully saturated rings. The Labute approximate surface area is 187 Å². The second-order valence-electron chi connectivity index (χ2n) is 8.22. The fourth-order valence-corrected chi connectivity index (χ4v) is 3.84. The van der Waals surface area contributed by atoms with Crippen LogP contribution < -0.4 is 10.1 Å². The molecule has 1 aromatic carbocycles. The number of nitrogens with one attached hydrogen (secondary N) is 1. The first kappa shape index (κ1) is 23.6. The Kier molecular flexibility index (Phi) is 6.54. The van der Waals surface area contributed by atoms with Crippen molar-refractivity contribution in [3.63, 3.8) is 0 Å². The summed E-state index contributed by atoms with van der Waals surface area (Å²) in [7, 11) is 0. The zero-order chi connectivity index (χ0) is 23.7. The van der Waals surface area contributed by atoms with Crippen molar-refractivity contribution in [2.75, 3.05) is 6.61 Å². The fraction of sp³-hybridized carbons (Fsp3) is 0.381. The van der Waals surface area contributed by atoms with E-state index in [1.165, 1.54) is 28.9 Å². The topological polar surface area (TPSA) is 88.8 Å². The first-order valence-corrected chi connectivity index (χ1v) is 10.1. The molecule has 3 aromatic rings. The van der Waals surface area contributed by atoms with Gasteiger partial charge in [-0.3, -0.25) is 0 Å². The van der Waals surface area contributed by atoms with Gasteiger partial charge in [-0.15, -0.1) is 0 Å². The highest BCUT2D eigenvalue weighted by Gasteiger charge is 2.35. The Balaban J connectivity index is 1.86. The largest absolute Gasteiger partial charge is 0.493 e. The average molecular weight is 471 g/mol. The monoisotopic (exact) mass is 470 g/mol. The van der Waals surface area contributed by atoms with E-state index in [4.69, 9.17) is 21.4 Å². The summed E-state index contributed by atoms with van der Waals surface area (Å²) in [5.74, 6) is -0.516. The lowest BCUT2D eigenvalue weighted by molar-refractivity contribution is -0.139. The number of carboxylic acid groups (broad SMARTS) is 1. The molecular formula is C21H22ClF3N4O3. The standard InChI is InChI=1S/C21H22ClF3N4O3/c1-12(10-20(2,3)27-19(30)31)11-32-16-5-4-13(8-15(16)21(23,24)25)14-9-17(22)28-29-7-6-26-18(14)29/h4-9,12,27H,10-11H2,1-3H3,(H,30,31)/t12-/m0/s1. The van der Waals surface area contributed by atoms with E-state index in [1.54, 1.807) is 27.0 Å². The number of nitrogens with zero attached hydrogens (tertiary/aromatic N) is 3. The van der Waals surface area contributed by atoms with Crippen LogP contribution in [0.15, 0.2) is 36.7 Å². The lowest BCUT2D eigenvalue weighted by Gasteiger charge is -2.28. The van der Waals surface area contributed by atoms with Crippen LogP contribution in [0.3, 0.4) is 0 Å². The number of aromatic nitrogens is 3. The minimum atomic E-state index is -4.65. The third-order valence-corrected chi connectivity index (χ3v) is 4.94. The Bertz CT molecular complexity index is 1130. The number of imidazole rings is 1. The van der Waals surface area contributed by atoms with E-state index in [0.29, 0.717) is 17.6 Å². The lowest BCUT2D eigenvalue weighted by Crippen LogP contribution is -2.44. The molecule has 0 bridgehead atoms. The van der Waals surface area contributed by atoms with E-state index in [2.05, 4.69) is 15.4 Å². The molecule has 0 saturated heterocycles. The number of halogens is 4. The van der Waals surface area contributed by atoms with Crippen molar-refractivity contribution in [2.24, 2.45) is 5.92 Å². The van der Waals surface area contributed by atoms with Crippen LogP contribution in [0.5, 0.6) is 5.75 Å². The minimum absolute atomic E-state index is 0.0151. The number of rotatable bonds is 7. The molecule has 0 aliphatic rings. The molecule has 0 saturated carbocycles. The van der Waals surface area contributed by atoms with E-state index in [9.17, 15) is 18.0 Å². The van der Waals surface area contributed by atoms with Crippen LogP contribution in [-0.4, -0.2) is 37.9 Å². The van der Waals surface area contributed by atoms with Gasteiger partial charge in [0, 0.05) is 23.5 Å². The van der Waals surface area contributed by atoms with Crippen molar-refractivity contribution < 1.29 is 27.8 Å². The van der Waals surface area contributed by atoms with Gasteiger partial charge in [-0.2, -0.15) is 18.3 Å². The summed E-state index contributed by atoms with van der Waals surface area (Å²) in [6.45, 7) is 5.16. The van der Waals surface area contributed by atoms with Crippen LogP contribution in [0.4, 0.5) is 18.0 Å². The molecule has 172 valence electrons. The van der Waals surface area contributed by atoms with E-state index in [-0.39, 0.29) is 29.0 Å². The van der Waals surface area contributed by atoms with Crippen molar-refractivity contribution in [1.82, 2.24) is 19.9 Å². The third kappa shape index (κ3) is 5.61. The molecule has 2 heterocycles. The van der Waals surface area contributed by atoms with Crippen molar-refractivity contribution >= 4 is 23.3 Å². The van der Waals surface area contributed by atoms with Crippen LogP contribution in [0.1, 0.15) is 32.8 Å². The first-order valence-electron chi connectivity index (χ1n) is 9.71. The number of fused-ring (bicyclic) bond motifs is 1. The van der Waals surface area contributed by atoms with Gasteiger partial charge in [-0.05, 0) is 49.9 Å². The predicted molar refractivity (Wildman–Crippen MR) is 113 cm³/mol. The summed E-state index contributed by atoms with van der Waals surface area (Å²) >= 11 is 6.01. The molecule has 0 aliphatic heterocycles. The number of amides is 1. The Hall–Kier alpha value is -3.01. The maximum absolute atomic E-state index is 13.8. The zero-order valence-electron chi connectivity index (χ0n) is 17.6. The minimum Gasteiger partial charge on any atom is -0.493 e. The van der Waals surface area contributed by atoms with Crippen molar-refractivity contribution in [3.8, 4) is 16.9 Å². The molecule has 0 spiro atoms. The van der Waals surface area contributed by atoms with Crippen molar-refractivity contribution in [2.45, 2.75) is 38.9 Å². The van der Waals surface area contributed by atoms with Gasteiger partial charge in [-0.25, -0.2) is 14.3 Å². The molecule has 1 atom stereocenters. The molecular weight excluding hydrogens is 449 g/mol. The van der Waals surface area contributed by atoms with E-state index in [0.717, 1.165) is 6.07 Å². The summed E-state index contributed by atoms with van der Waals surface area (Å²) in [4.78, 5) is 15.0. The number of hydrogen-bond donors (Lipinski definition) is 2. The molecule has 2 N–H and O–H groups in total. The van der Waals surface area contributed by atoms with Crippen LogP contribution in [0.2, 0.25) is 5.15 Å². The molecule has 7 nitrogen and oxygen atoms in total. The molecule has 0 unspecified atom stereocenters. The maximum atomic E-state index is 13.8. The van der Waals surface area contributed by atoms with Crippen LogP contribution in [0, 0.1) is 5.92 Å². The summed E-state index contributed by atoms with van der Waals surface area (Å²) < 4.78 is 48.3. The van der Waals surface area contributed by atoms with Crippen LogP contribution >= 0.6 is 11.6 Å². The summed E-state index contributed by atoms with van der Waals surface area (Å²) in [5.41, 5.74) is -0.630. The number of carbonyl (C=O) groups is 1. The highest BCUT2D eigenvalue weighted by atomic mass is 35.5. The SMILES string of the molecule is C[C@H](COc1ccc(-c2cc(Cl)nn3ccnc23)cc1C(F)(F)F)CC(C)(C)NC(=O)O. The van der Waals surface area contributed by atoms with Crippen molar-refractivity contribution in [1.29, 1.82) is 0 Å². The second-order valence-corrected chi connectivity index (χ2v) is 8.61. The van der Waals surface area contributed by atoms with Gasteiger partial charge in [0.1, 0.15) is 5.75 Å². The van der Waals surface area contributed by atoms with Gasteiger partial charge in [0.15, 0.2) is 10.8 Å². The Morgan fingerprint density at radius 1 is 1.31 bits per heavy atom. The zero-order valence-corrected chi connectivity index (χ0v) is 18.3. The molecule has 11 heteroatoms. The number of alkyl halides is 3. The van der Waals surface area contributed by atoms with Gasteiger partial charge >= 0.3 is 12.3 Å². The normalized spacial score (nSPS) is 13.2. The molecule has 32 heavy (non-hydrogen) atoms. The summed E-state index contributed by atoms with van der Waals surface area (Å²) in [6.07, 6.45) is -2.41.